The van der Waals surface area contributed by atoms with Gasteiger partial charge in [0.15, 0.2) is 0 Å². The van der Waals surface area contributed by atoms with Crippen molar-refractivity contribution < 1.29 is 9.47 Å². The lowest BCUT2D eigenvalue weighted by Crippen LogP contribution is -2.05. The molecular weight excluding hydrogens is 322 g/mol. The van der Waals surface area contributed by atoms with E-state index in [9.17, 15) is 0 Å². The second-order valence-electron chi connectivity index (χ2n) is 6.14. The molecule has 0 bridgehead atoms. The summed E-state index contributed by atoms with van der Waals surface area (Å²) in [4.78, 5) is 0. The Balaban J connectivity index is 1.44. The third-order valence-corrected chi connectivity index (χ3v) is 4.24. The topological polar surface area (TPSA) is 30.5 Å². The van der Waals surface area contributed by atoms with Crippen LogP contribution in [0.1, 0.15) is 11.1 Å². The van der Waals surface area contributed by atoms with E-state index in [1.807, 2.05) is 30.3 Å². The fraction of sp³-hybridized carbons (Fsp3) is 0.217. The summed E-state index contributed by atoms with van der Waals surface area (Å²) >= 11 is 0. The maximum atomic E-state index is 5.89. The third kappa shape index (κ3) is 5.55. The Morgan fingerprint density at radius 2 is 1.50 bits per heavy atom. The lowest BCUT2D eigenvalue weighted by Gasteiger charge is -2.10. The van der Waals surface area contributed by atoms with E-state index in [1.165, 1.54) is 11.1 Å². The Morgan fingerprint density at radius 3 is 2.27 bits per heavy atom. The Morgan fingerprint density at radius 1 is 0.731 bits per heavy atom. The first-order valence-corrected chi connectivity index (χ1v) is 8.97. The zero-order chi connectivity index (χ0) is 18.0. The molecule has 0 aliphatic heterocycles. The van der Waals surface area contributed by atoms with Crippen LogP contribution < -0.4 is 14.8 Å². The van der Waals surface area contributed by atoms with E-state index in [0.717, 1.165) is 36.6 Å². The molecule has 0 radical (unpaired) electrons. The van der Waals surface area contributed by atoms with Crippen molar-refractivity contribution in [1.82, 2.24) is 0 Å². The number of benzene rings is 3. The van der Waals surface area contributed by atoms with Gasteiger partial charge >= 0.3 is 0 Å². The highest BCUT2D eigenvalue weighted by molar-refractivity contribution is 5.48. The van der Waals surface area contributed by atoms with Crippen LogP contribution in [0, 0.1) is 0 Å². The van der Waals surface area contributed by atoms with Crippen LogP contribution in [0.2, 0.25) is 0 Å². The molecule has 0 aliphatic carbocycles. The maximum absolute atomic E-state index is 5.89. The van der Waals surface area contributed by atoms with Crippen molar-refractivity contribution in [2.75, 3.05) is 25.6 Å². The molecule has 134 valence electrons. The predicted molar refractivity (Wildman–Crippen MR) is 107 cm³/mol. The van der Waals surface area contributed by atoms with Crippen LogP contribution >= 0.6 is 0 Å². The Labute approximate surface area is 155 Å². The van der Waals surface area contributed by atoms with Gasteiger partial charge in [-0.05, 0) is 41.8 Å². The van der Waals surface area contributed by atoms with E-state index in [2.05, 4.69) is 53.8 Å². The minimum Gasteiger partial charge on any atom is -0.497 e. The van der Waals surface area contributed by atoms with Crippen LogP contribution in [-0.2, 0) is 12.8 Å². The molecule has 3 aromatic carbocycles. The summed E-state index contributed by atoms with van der Waals surface area (Å²) in [6.07, 6.45) is 1.87. The van der Waals surface area contributed by atoms with Gasteiger partial charge in [-0.3, -0.25) is 0 Å². The van der Waals surface area contributed by atoms with E-state index < -0.39 is 0 Å². The van der Waals surface area contributed by atoms with Gasteiger partial charge in [-0.25, -0.2) is 0 Å². The molecule has 3 heteroatoms. The zero-order valence-electron chi connectivity index (χ0n) is 15.2. The number of methoxy groups -OCH3 is 1. The predicted octanol–water partition coefficient (Wildman–Crippen LogP) is 4.97. The molecule has 3 nitrogen and oxygen atoms in total. The summed E-state index contributed by atoms with van der Waals surface area (Å²) in [6, 6.07) is 26.7. The van der Waals surface area contributed by atoms with Gasteiger partial charge in [0, 0.05) is 24.7 Å². The zero-order valence-corrected chi connectivity index (χ0v) is 15.2. The highest BCUT2D eigenvalue weighted by Gasteiger charge is 1.99. The Bertz CT molecular complexity index is 785. The quantitative estimate of drug-likeness (QED) is 0.593. The molecular formula is C23H25NO2. The molecule has 0 amide bonds. The fourth-order valence-electron chi connectivity index (χ4n) is 2.77. The summed E-state index contributed by atoms with van der Waals surface area (Å²) < 4.78 is 11.1. The summed E-state index contributed by atoms with van der Waals surface area (Å²) in [6.45, 7) is 1.55. The summed E-state index contributed by atoms with van der Waals surface area (Å²) in [7, 11) is 1.69. The van der Waals surface area contributed by atoms with Crippen molar-refractivity contribution >= 4 is 5.69 Å². The van der Waals surface area contributed by atoms with Gasteiger partial charge < -0.3 is 14.8 Å². The van der Waals surface area contributed by atoms with Gasteiger partial charge in [-0.15, -0.1) is 0 Å². The summed E-state index contributed by atoms with van der Waals surface area (Å²) in [5.74, 6) is 1.79. The van der Waals surface area contributed by atoms with Crippen LogP contribution in [0.4, 0.5) is 5.69 Å². The highest BCUT2D eigenvalue weighted by Crippen LogP contribution is 2.18. The van der Waals surface area contributed by atoms with E-state index in [1.54, 1.807) is 7.11 Å². The number of anilines is 1. The van der Waals surface area contributed by atoms with Crippen LogP contribution in [0.5, 0.6) is 11.5 Å². The summed E-state index contributed by atoms with van der Waals surface area (Å²) in [5.41, 5.74) is 3.66. The van der Waals surface area contributed by atoms with E-state index in [0.29, 0.717) is 6.61 Å². The number of ether oxygens (including phenoxy) is 2. The molecule has 0 atom stereocenters. The van der Waals surface area contributed by atoms with Gasteiger partial charge in [-0.2, -0.15) is 0 Å². The van der Waals surface area contributed by atoms with Crippen LogP contribution in [0.25, 0.3) is 0 Å². The molecule has 0 aliphatic rings. The Kier molecular flexibility index (Phi) is 6.54. The standard InChI is InChI=1S/C23H25NO2/c1-25-22-12-10-20(11-13-22)14-16-24-21-8-5-9-23(18-21)26-17-15-19-6-3-2-4-7-19/h2-13,18,24H,14-17H2,1H3. The van der Waals surface area contributed by atoms with Crippen molar-refractivity contribution in [1.29, 1.82) is 0 Å². The van der Waals surface area contributed by atoms with E-state index >= 15 is 0 Å². The van der Waals surface area contributed by atoms with Crippen molar-refractivity contribution in [2.24, 2.45) is 0 Å². The molecule has 0 aromatic heterocycles. The smallest absolute Gasteiger partial charge is 0.121 e. The largest absolute Gasteiger partial charge is 0.497 e. The van der Waals surface area contributed by atoms with Crippen molar-refractivity contribution in [2.45, 2.75) is 12.8 Å². The van der Waals surface area contributed by atoms with Gasteiger partial charge in [0.2, 0.25) is 0 Å². The molecule has 1 N–H and O–H groups in total. The van der Waals surface area contributed by atoms with Crippen LogP contribution in [0.15, 0.2) is 78.9 Å². The lowest BCUT2D eigenvalue weighted by molar-refractivity contribution is 0.322. The van der Waals surface area contributed by atoms with Crippen molar-refractivity contribution in [3.8, 4) is 11.5 Å². The monoisotopic (exact) mass is 347 g/mol. The molecule has 0 saturated heterocycles. The molecule has 0 spiro atoms. The van der Waals surface area contributed by atoms with Crippen molar-refractivity contribution in [3.63, 3.8) is 0 Å². The Hall–Kier alpha value is -2.94. The van der Waals surface area contributed by atoms with E-state index in [-0.39, 0.29) is 0 Å². The first kappa shape index (κ1) is 17.9. The molecule has 0 heterocycles. The number of hydrogen-bond acceptors (Lipinski definition) is 3. The molecule has 0 fully saturated rings. The van der Waals surface area contributed by atoms with Crippen LogP contribution in [-0.4, -0.2) is 20.3 Å². The highest BCUT2D eigenvalue weighted by atomic mass is 16.5. The third-order valence-electron chi connectivity index (χ3n) is 4.24. The number of rotatable bonds is 9. The fourth-order valence-corrected chi connectivity index (χ4v) is 2.77. The summed E-state index contributed by atoms with van der Waals surface area (Å²) in [5, 5.41) is 3.46. The SMILES string of the molecule is COc1ccc(CCNc2cccc(OCCc3ccccc3)c2)cc1. The minimum atomic E-state index is 0.680. The maximum Gasteiger partial charge on any atom is 0.121 e. The second-order valence-corrected chi connectivity index (χ2v) is 6.14. The first-order chi connectivity index (χ1) is 12.8. The van der Waals surface area contributed by atoms with Gasteiger partial charge in [-0.1, -0.05) is 48.5 Å². The van der Waals surface area contributed by atoms with Crippen LogP contribution in [0.3, 0.4) is 0 Å². The second kappa shape index (κ2) is 9.52. The van der Waals surface area contributed by atoms with E-state index in [4.69, 9.17) is 9.47 Å². The molecule has 26 heavy (non-hydrogen) atoms. The molecule has 3 rings (SSSR count). The number of nitrogens with one attached hydrogen (secondary N) is 1. The van der Waals surface area contributed by atoms with Gasteiger partial charge in [0.1, 0.15) is 11.5 Å². The molecule has 0 saturated carbocycles. The van der Waals surface area contributed by atoms with Crippen molar-refractivity contribution in [3.05, 3.63) is 90.0 Å². The van der Waals surface area contributed by atoms with Gasteiger partial charge in [0.25, 0.3) is 0 Å². The molecule has 0 unspecified atom stereocenters. The lowest BCUT2D eigenvalue weighted by atomic mass is 10.1. The molecule has 3 aromatic rings. The number of hydrogen-bond donors (Lipinski definition) is 1. The normalized spacial score (nSPS) is 10.3. The average Bonchev–Trinajstić information content (AvgIpc) is 2.70. The first-order valence-electron chi connectivity index (χ1n) is 8.97. The average molecular weight is 347 g/mol. The van der Waals surface area contributed by atoms with Gasteiger partial charge in [0.05, 0.1) is 13.7 Å². The minimum absolute atomic E-state index is 0.680.